The highest BCUT2D eigenvalue weighted by molar-refractivity contribution is 5.73. The lowest BCUT2D eigenvalue weighted by Gasteiger charge is -2.03. The number of hydrogen-bond donors (Lipinski definition) is 1. The Labute approximate surface area is 87.5 Å². The van der Waals surface area contributed by atoms with Crippen molar-refractivity contribution in [2.75, 3.05) is 25.6 Å². The zero-order valence-electron chi connectivity index (χ0n) is 8.47. The van der Waals surface area contributed by atoms with Gasteiger partial charge in [0.15, 0.2) is 0 Å². The minimum Gasteiger partial charge on any atom is -0.383 e. The maximum Gasteiger partial charge on any atom is 0.243 e. The molecule has 0 radical (unpaired) electrons. The largest absolute Gasteiger partial charge is 0.383 e. The zero-order chi connectivity index (χ0) is 10.5. The van der Waals surface area contributed by atoms with Gasteiger partial charge >= 0.3 is 0 Å². The third kappa shape index (κ3) is 2.38. The molecule has 1 heterocycles. The second kappa shape index (κ2) is 4.65. The quantitative estimate of drug-likeness (QED) is 0.755. The molecule has 0 unspecified atom stereocenters. The Morgan fingerprint density at radius 1 is 1.20 bits per heavy atom. The second-order valence-corrected chi connectivity index (χ2v) is 3.04. The average molecular weight is 204 g/mol. The van der Waals surface area contributed by atoms with Crippen molar-refractivity contribution in [2.45, 2.75) is 0 Å². The van der Waals surface area contributed by atoms with Crippen LogP contribution in [0.4, 0.5) is 5.95 Å². The number of methoxy groups -OCH3 is 1. The minimum atomic E-state index is 0.533. The van der Waals surface area contributed by atoms with E-state index in [9.17, 15) is 0 Å². The third-order valence-corrected chi connectivity index (χ3v) is 1.95. The maximum absolute atomic E-state index is 4.91. The molecule has 0 aliphatic rings. The van der Waals surface area contributed by atoms with E-state index in [0.717, 1.165) is 11.0 Å². The molecule has 0 atom stereocenters. The van der Waals surface area contributed by atoms with Gasteiger partial charge in [0.1, 0.15) is 5.52 Å². The van der Waals surface area contributed by atoms with Gasteiger partial charge in [0.25, 0.3) is 0 Å². The lowest BCUT2D eigenvalue weighted by Crippen LogP contribution is -2.10. The van der Waals surface area contributed by atoms with Crippen molar-refractivity contribution in [2.24, 2.45) is 0 Å². The van der Waals surface area contributed by atoms with Gasteiger partial charge in [-0.3, -0.25) is 0 Å². The van der Waals surface area contributed by atoms with Gasteiger partial charge in [0.05, 0.1) is 12.1 Å². The van der Waals surface area contributed by atoms with Crippen LogP contribution in [0, 0.1) is 0 Å². The van der Waals surface area contributed by atoms with E-state index in [0.29, 0.717) is 19.1 Å². The minimum absolute atomic E-state index is 0.533. The Morgan fingerprint density at radius 2 is 2.00 bits per heavy atom. The van der Waals surface area contributed by atoms with Crippen molar-refractivity contribution in [3.05, 3.63) is 24.3 Å². The number of hydrogen-bond acceptors (Lipinski definition) is 5. The van der Waals surface area contributed by atoms with Crippen molar-refractivity contribution < 1.29 is 4.74 Å². The topological polar surface area (TPSA) is 59.9 Å². The van der Waals surface area contributed by atoms with Crippen LogP contribution in [0.1, 0.15) is 0 Å². The van der Waals surface area contributed by atoms with Crippen LogP contribution in [-0.2, 0) is 4.74 Å². The van der Waals surface area contributed by atoms with E-state index in [1.165, 1.54) is 0 Å². The molecular formula is C10H12N4O. The molecule has 1 aromatic carbocycles. The van der Waals surface area contributed by atoms with Crippen molar-refractivity contribution in [3.63, 3.8) is 0 Å². The van der Waals surface area contributed by atoms with E-state index < -0.39 is 0 Å². The number of nitrogens with zero attached hydrogens (tertiary/aromatic N) is 3. The number of rotatable bonds is 4. The fraction of sp³-hybridized carbons (Fsp3) is 0.300. The van der Waals surface area contributed by atoms with E-state index in [4.69, 9.17) is 4.74 Å². The summed E-state index contributed by atoms with van der Waals surface area (Å²) in [7, 11) is 1.65. The Morgan fingerprint density at radius 3 is 2.80 bits per heavy atom. The Hall–Kier alpha value is -1.75. The molecule has 78 valence electrons. The highest BCUT2D eigenvalue weighted by atomic mass is 16.5. The Balaban J connectivity index is 2.16. The summed E-state index contributed by atoms with van der Waals surface area (Å²) in [6.45, 7) is 1.30. The van der Waals surface area contributed by atoms with Crippen molar-refractivity contribution in [1.82, 2.24) is 15.2 Å². The van der Waals surface area contributed by atoms with Crippen LogP contribution in [0.3, 0.4) is 0 Å². The normalized spacial score (nSPS) is 10.5. The van der Waals surface area contributed by atoms with Crippen LogP contribution in [0.2, 0.25) is 0 Å². The van der Waals surface area contributed by atoms with E-state index >= 15 is 0 Å². The molecule has 0 amide bonds. The fourth-order valence-corrected chi connectivity index (χ4v) is 1.22. The summed E-state index contributed by atoms with van der Waals surface area (Å²) in [5.41, 5.74) is 1.64. The fourth-order valence-electron chi connectivity index (χ4n) is 1.22. The van der Waals surface area contributed by atoms with Gasteiger partial charge in [-0.2, -0.15) is 0 Å². The first-order valence-electron chi connectivity index (χ1n) is 4.72. The van der Waals surface area contributed by atoms with Gasteiger partial charge in [0, 0.05) is 13.7 Å². The summed E-state index contributed by atoms with van der Waals surface area (Å²) in [6.07, 6.45) is 0. The van der Waals surface area contributed by atoms with Crippen LogP contribution in [0.25, 0.3) is 11.0 Å². The lowest BCUT2D eigenvalue weighted by atomic mass is 10.3. The van der Waals surface area contributed by atoms with Crippen LogP contribution in [0.15, 0.2) is 24.3 Å². The molecule has 0 aliphatic heterocycles. The molecule has 15 heavy (non-hydrogen) atoms. The van der Waals surface area contributed by atoms with Crippen molar-refractivity contribution >= 4 is 17.0 Å². The predicted molar refractivity (Wildman–Crippen MR) is 57.7 cm³/mol. The van der Waals surface area contributed by atoms with Crippen LogP contribution in [-0.4, -0.2) is 35.4 Å². The number of para-hydroxylation sites is 1. The van der Waals surface area contributed by atoms with Gasteiger partial charge in [-0.15, -0.1) is 10.2 Å². The van der Waals surface area contributed by atoms with Crippen LogP contribution < -0.4 is 5.32 Å². The predicted octanol–water partition coefficient (Wildman–Crippen LogP) is 1.08. The Bertz CT molecular complexity index is 446. The van der Waals surface area contributed by atoms with Crippen molar-refractivity contribution in [1.29, 1.82) is 0 Å². The molecule has 0 saturated heterocycles. The van der Waals surface area contributed by atoms with E-state index in [-0.39, 0.29) is 0 Å². The SMILES string of the molecule is COCCNc1nnc2ccccc2n1. The molecule has 2 rings (SSSR count). The summed E-state index contributed by atoms with van der Waals surface area (Å²) in [6, 6.07) is 7.63. The third-order valence-electron chi connectivity index (χ3n) is 1.95. The summed E-state index contributed by atoms with van der Waals surface area (Å²) < 4.78 is 4.91. The summed E-state index contributed by atoms with van der Waals surface area (Å²) in [5, 5.41) is 11.0. The Kier molecular flexibility index (Phi) is 3.04. The number of anilines is 1. The van der Waals surface area contributed by atoms with Gasteiger partial charge in [-0.05, 0) is 12.1 Å². The molecule has 0 aliphatic carbocycles. The standard InChI is InChI=1S/C10H12N4O/c1-15-7-6-11-10-12-8-4-2-3-5-9(8)13-14-10/h2-5H,6-7H2,1H3,(H,11,12,14). The van der Waals surface area contributed by atoms with Gasteiger partial charge in [0.2, 0.25) is 5.95 Å². The van der Waals surface area contributed by atoms with Crippen LogP contribution in [0.5, 0.6) is 0 Å². The first-order chi connectivity index (χ1) is 7.40. The second-order valence-electron chi connectivity index (χ2n) is 3.04. The zero-order valence-corrected chi connectivity index (χ0v) is 8.47. The van der Waals surface area contributed by atoms with E-state index in [2.05, 4.69) is 20.5 Å². The number of fused-ring (bicyclic) bond motifs is 1. The first-order valence-corrected chi connectivity index (χ1v) is 4.72. The molecule has 1 aromatic heterocycles. The molecule has 5 nitrogen and oxygen atoms in total. The summed E-state index contributed by atoms with van der Waals surface area (Å²) in [4.78, 5) is 4.31. The number of aromatic nitrogens is 3. The molecular weight excluding hydrogens is 192 g/mol. The molecule has 0 bridgehead atoms. The number of ether oxygens (including phenoxy) is 1. The van der Waals surface area contributed by atoms with Gasteiger partial charge in [-0.1, -0.05) is 12.1 Å². The lowest BCUT2D eigenvalue weighted by molar-refractivity contribution is 0.210. The molecule has 2 aromatic rings. The number of nitrogens with one attached hydrogen (secondary N) is 1. The monoisotopic (exact) mass is 204 g/mol. The smallest absolute Gasteiger partial charge is 0.243 e. The molecule has 1 N–H and O–H groups in total. The van der Waals surface area contributed by atoms with E-state index in [1.807, 2.05) is 24.3 Å². The molecule has 5 heteroatoms. The average Bonchev–Trinajstić information content (AvgIpc) is 2.29. The van der Waals surface area contributed by atoms with Gasteiger partial charge < -0.3 is 10.1 Å². The molecule has 0 spiro atoms. The summed E-state index contributed by atoms with van der Waals surface area (Å²) >= 11 is 0. The highest BCUT2D eigenvalue weighted by Crippen LogP contribution is 2.08. The molecule has 0 fully saturated rings. The maximum atomic E-state index is 4.91. The van der Waals surface area contributed by atoms with Gasteiger partial charge in [-0.25, -0.2) is 4.98 Å². The molecule has 0 saturated carbocycles. The van der Waals surface area contributed by atoms with E-state index in [1.54, 1.807) is 7.11 Å². The number of benzene rings is 1. The summed E-state index contributed by atoms with van der Waals surface area (Å²) in [5.74, 6) is 0.533. The van der Waals surface area contributed by atoms with Crippen LogP contribution >= 0.6 is 0 Å². The highest BCUT2D eigenvalue weighted by Gasteiger charge is 1.99. The first kappa shape index (κ1) is 9.79. The van der Waals surface area contributed by atoms with Crippen molar-refractivity contribution in [3.8, 4) is 0 Å².